The predicted octanol–water partition coefficient (Wildman–Crippen LogP) is 1.33. The zero-order chi connectivity index (χ0) is 15.8. The lowest BCUT2D eigenvalue weighted by Crippen LogP contribution is -2.12. The Morgan fingerprint density at radius 2 is 1.95 bits per heavy atom. The third-order valence-electron chi connectivity index (χ3n) is 2.81. The summed E-state index contributed by atoms with van der Waals surface area (Å²) in [6, 6.07) is 1.74. The van der Waals surface area contributed by atoms with Crippen molar-refractivity contribution in [3.8, 4) is 0 Å². The number of nitrogens with zero attached hydrogens (tertiary/aromatic N) is 2. The fourth-order valence-electron chi connectivity index (χ4n) is 1.97. The number of carbonyl (C=O) groups is 1. The van der Waals surface area contributed by atoms with E-state index in [-0.39, 0.29) is 29.8 Å². The van der Waals surface area contributed by atoms with Crippen LogP contribution in [0.15, 0.2) is 12.1 Å². The first-order valence-electron chi connectivity index (χ1n) is 5.91. The molecule has 9 heteroatoms. The van der Waals surface area contributed by atoms with Crippen LogP contribution in [0.2, 0.25) is 0 Å². The van der Waals surface area contributed by atoms with Crippen molar-refractivity contribution in [3.63, 3.8) is 0 Å². The topological polar surface area (TPSA) is 89.3 Å². The summed E-state index contributed by atoms with van der Waals surface area (Å²) >= 11 is 0. The number of hydrogen-bond donors (Lipinski definition) is 1. The zero-order valence-corrected chi connectivity index (χ0v) is 11.8. The van der Waals surface area contributed by atoms with Gasteiger partial charge in [0, 0.05) is 24.9 Å². The van der Waals surface area contributed by atoms with Gasteiger partial charge in [0.15, 0.2) is 21.5 Å². The molecule has 0 aliphatic carbocycles. The van der Waals surface area contributed by atoms with Crippen LogP contribution < -0.4 is 0 Å². The second kappa shape index (κ2) is 5.40. The van der Waals surface area contributed by atoms with Gasteiger partial charge in [-0.3, -0.25) is 4.79 Å². The van der Waals surface area contributed by atoms with E-state index in [1.165, 1.54) is 4.57 Å². The van der Waals surface area contributed by atoms with E-state index in [0.29, 0.717) is 0 Å². The van der Waals surface area contributed by atoms with Crippen molar-refractivity contribution in [1.82, 2.24) is 9.55 Å². The second-order valence-electron chi connectivity index (χ2n) is 4.65. The largest absolute Gasteiger partial charge is 0.481 e. The lowest BCUT2D eigenvalue weighted by Gasteiger charge is -2.07. The van der Waals surface area contributed by atoms with E-state index in [1.54, 1.807) is 0 Å². The monoisotopic (exact) mass is 318 g/mol. The van der Waals surface area contributed by atoms with Gasteiger partial charge in [0.2, 0.25) is 0 Å². The van der Waals surface area contributed by atoms with Crippen LogP contribution in [0.1, 0.15) is 12.2 Å². The van der Waals surface area contributed by atoms with E-state index in [0.717, 1.165) is 18.4 Å². The molecule has 0 radical (unpaired) electrons. The molecule has 0 unspecified atom stereocenters. The molecule has 21 heavy (non-hydrogen) atoms. The van der Waals surface area contributed by atoms with Gasteiger partial charge in [-0.1, -0.05) is 0 Å². The SMILES string of the molecule is CS(=O)(=O)Cc1nc2cc(F)c(F)cc2n1CCC(=O)O. The third-order valence-corrected chi connectivity index (χ3v) is 3.59. The standard InChI is InChI=1S/C12H12F2N2O4S/c1-21(19,20)6-11-15-9-4-7(13)8(14)5-10(9)16(11)3-2-12(17)18/h4-5H,2-3,6H2,1H3,(H,17,18). The summed E-state index contributed by atoms with van der Waals surface area (Å²) in [6.45, 7) is -0.0816. The van der Waals surface area contributed by atoms with Crippen LogP contribution in [-0.2, 0) is 26.9 Å². The molecule has 0 aliphatic heterocycles. The van der Waals surface area contributed by atoms with Crippen molar-refractivity contribution in [3.05, 3.63) is 29.6 Å². The first-order chi connectivity index (χ1) is 9.67. The molecule has 2 rings (SSSR count). The smallest absolute Gasteiger partial charge is 0.305 e. The van der Waals surface area contributed by atoms with Crippen LogP contribution in [0, 0.1) is 11.6 Å². The number of carboxylic acids is 1. The number of benzene rings is 1. The minimum atomic E-state index is -3.42. The van der Waals surface area contributed by atoms with Gasteiger partial charge in [-0.25, -0.2) is 22.2 Å². The van der Waals surface area contributed by atoms with Crippen molar-refractivity contribution in [2.75, 3.05) is 6.26 Å². The fourth-order valence-corrected chi connectivity index (χ4v) is 2.66. The second-order valence-corrected chi connectivity index (χ2v) is 6.79. The van der Waals surface area contributed by atoms with E-state index in [4.69, 9.17) is 5.11 Å². The number of aliphatic carboxylic acids is 1. The van der Waals surface area contributed by atoms with Gasteiger partial charge in [-0.2, -0.15) is 0 Å². The Morgan fingerprint density at radius 3 is 2.52 bits per heavy atom. The van der Waals surface area contributed by atoms with Gasteiger partial charge < -0.3 is 9.67 Å². The van der Waals surface area contributed by atoms with Crippen molar-refractivity contribution >= 4 is 26.8 Å². The minimum Gasteiger partial charge on any atom is -0.481 e. The third kappa shape index (κ3) is 3.54. The molecule has 0 bridgehead atoms. The highest BCUT2D eigenvalue weighted by Gasteiger charge is 2.18. The molecule has 0 amide bonds. The molecule has 0 fully saturated rings. The maximum atomic E-state index is 13.3. The molecule has 2 aromatic rings. The quantitative estimate of drug-likeness (QED) is 0.898. The summed E-state index contributed by atoms with van der Waals surface area (Å²) in [6.07, 6.45) is 0.705. The van der Waals surface area contributed by atoms with Crippen LogP contribution in [0.25, 0.3) is 11.0 Å². The highest BCUT2D eigenvalue weighted by atomic mass is 32.2. The average Bonchev–Trinajstić information content (AvgIpc) is 2.62. The van der Waals surface area contributed by atoms with E-state index >= 15 is 0 Å². The molecule has 114 valence electrons. The van der Waals surface area contributed by atoms with Gasteiger partial charge >= 0.3 is 5.97 Å². The Morgan fingerprint density at radius 1 is 1.33 bits per heavy atom. The van der Waals surface area contributed by atoms with Gasteiger partial charge in [0.1, 0.15) is 11.6 Å². The predicted molar refractivity (Wildman–Crippen MR) is 70.4 cm³/mol. The first-order valence-corrected chi connectivity index (χ1v) is 7.97. The molecule has 1 aromatic carbocycles. The highest BCUT2D eigenvalue weighted by molar-refractivity contribution is 7.89. The van der Waals surface area contributed by atoms with Gasteiger partial charge in [-0.05, 0) is 0 Å². The number of carboxylic acid groups (broad SMARTS) is 1. The molecular weight excluding hydrogens is 306 g/mol. The summed E-state index contributed by atoms with van der Waals surface area (Å²) in [5.74, 6) is -3.69. The first kappa shape index (κ1) is 15.4. The Balaban J connectivity index is 2.59. The molecule has 1 N–H and O–H groups in total. The molecule has 1 heterocycles. The van der Waals surface area contributed by atoms with Crippen molar-refractivity contribution in [2.24, 2.45) is 0 Å². The number of rotatable bonds is 5. The normalized spacial score (nSPS) is 12.0. The van der Waals surface area contributed by atoms with Crippen LogP contribution in [0.5, 0.6) is 0 Å². The number of aryl methyl sites for hydroxylation is 1. The average molecular weight is 318 g/mol. The van der Waals surface area contributed by atoms with Crippen LogP contribution >= 0.6 is 0 Å². The molecule has 1 aromatic heterocycles. The molecule has 0 atom stereocenters. The number of imidazole rings is 1. The molecule has 0 saturated heterocycles. The van der Waals surface area contributed by atoms with Gasteiger partial charge in [0.05, 0.1) is 17.5 Å². The minimum absolute atomic E-state index is 0.0544. The van der Waals surface area contributed by atoms with Crippen LogP contribution in [-0.4, -0.2) is 35.3 Å². The van der Waals surface area contributed by atoms with Crippen molar-refractivity contribution in [1.29, 1.82) is 0 Å². The van der Waals surface area contributed by atoms with E-state index in [1.807, 2.05) is 0 Å². The summed E-state index contributed by atoms with van der Waals surface area (Å²) in [5.41, 5.74) is 0.242. The van der Waals surface area contributed by atoms with Gasteiger partial charge in [-0.15, -0.1) is 0 Å². The number of aromatic nitrogens is 2. The molecule has 6 nitrogen and oxygen atoms in total. The van der Waals surface area contributed by atoms with Gasteiger partial charge in [0.25, 0.3) is 0 Å². The van der Waals surface area contributed by atoms with E-state index in [9.17, 15) is 22.0 Å². The maximum Gasteiger partial charge on any atom is 0.305 e. The Hall–Kier alpha value is -2.03. The summed E-state index contributed by atoms with van der Waals surface area (Å²) in [7, 11) is -3.42. The lowest BCUT2D eigenvalue weighted by molar-refractivity contribution is -0.137. The molecule has 0 spiro atoms. The van der Waals surface area contributed by atoms with Crippen molar-refractivity contribution in [2.45, 2.75) is 18.7 Å². The maximum absolute atomic E-state index is 13.3. The van der Waals surface area contributed by atoms with Crippen LogP contribution in [0.4, 0.5) is 8.78 Å². The Bertz CT molecular complexity index is 814. The number of halogens is 2. The summed E-state index contributed by atoms with van der Waals surface area (Å²) in [4.78, 5) is 14.6. The highest BCUT2D eigenvalue weighted by Crippen LogP contribution is 2.21. The summed E-state index contributed by atoms with van der Waals surface area (Å²) in [5, 5.41) is 8.72. The number of fused-ring (bicyclic) bond motifs is 1. The Labute approximate surface area is 118 Å². The Kier molecular flexibility index (Phi) is 3.95. The number of hydrogen-bond acceptors (Lipinski definition) is 4. The fraction of sp³-hybridized carbons (Fsp3) is 0.333. The van der Waals surface area contributed by atoms with E-state index < -0.39 is 33.2 Å². The molecular formula is C12H12F2N2O4S. The zero-order valence-electron chi connectivity index (χ0n) is 11.0. The van der Waals surface area contributed by atoms with E-state index in [2.05, 4.69) is 4.98 Å². The van der Waals surface area contributed by atoms with Crippen LogP contribution in [0.3, 0.4) is 0 Å². The molecule has 0 aliphatic rings. The molecule has 0 saturated carbocycles. The lowest BCUT2D eigenvalue weighted by atomic mass is 10.3. The summed E-state index contributed by atoms with van der Waals surface area (Å²) < 4.78 is 50.6. The van der Waals surface area contributed by atoms with Crippen molar-refractivity contribution < 1.29 is 27.1 Å². The number of sulfone groups is 1.